The predicted molar refractivity (Wildman–Crippen MR) is 105 cm³/mol. The van der Waals surface area contributed by atoms with Gasteiger partial charge in [-0.15, -0.1) is 11.3 Å². The van der Waals surface area contributed by atoms with E-state index in [9.17, 15) is 31.1 Å². The van der Waals surface area contributed by atoms with Gasteiger partial charge in [-0.3, -0.25) is 4.79 Å². The molecule has 1 amide bonds. The lowest BCUT2D eigenvalue weighted by Gasteiger charge is -2.11. The number of carbonyl (C=O) groups is 1. The number of nitrogens with one attached hydrogen (secondary N) is 1. The SMILES string of the molecule is O=C(NCCCBr)c1cnn(-c2nc(-c3cccc(C(F)(F)F)c3)cs2)c1C(F)(F)F. The molecule has 0 fully saturated rings. The Labute approximate surface area is 184 Å². The summed E-state index contributed by atoms with van der Waals surface area (Å²) in [5.74, 6) is -0.936. The van der Waals surface area contributed by atoms with E-state index in [2.05, 4.69) is 31.3 Å². The van der Waals surface area contributed by atoms with E-state index in [0.717, 1.165) is 29.7 Å². The van der Waals surface area contributed by atoms with Gasteiger partial charge in [0.1, 0.15) is 0 Å². The summed E-state index contributed by atoms with van der Waals surface area (Å²) >= 11 is 3.91. The number of benzene rings is 1. The van der Waals surface area contributed by atoms with Gasteiger partial charge in [0.2, 0.25) is 5.13 Å². The summed E-state index contributed by atoms with van der Waals surface area (Å²) in [6.45, 7) is 0.170. The summed E-state index contributed by atoms with van der Waals surface area (Å²) in [7, 11) is 0. The molecule has 31 heavy (non-hydrogen) atoms. The van der Waals surface area contributed by atoms with Crippen molar-refractivity contribution in [2.75, 3.05) is 11.9 Å². The van der Waals surface area contributed by atoms with Crippen molar-refractivity contribution in [2.24, 2.45) is 0 Å². The van der Waals surface area contributed by atoms with Crippen molar-refractivity contribution in [3.63, 3.8) is 0 Å². The second-order valence-electron chi connectivity index (χ2n) is 6.21. The van der Waals surface area contributed by atoms with Gasteiger partial charge < -0.3 is 5.32 Å². The molecule has 3 rings (SSSR count). The molecule has 3 aromatic rings. The van der Waals surface area contributed by atoms with Gasteiger partial charge in [-0.1, -0.05) is 28.1 Å². The highest BCUT2D eigenvalue weighted by Gasteiger charge is 2.41. The molecule has 0 aliphatic heterocycles. The molecule has 2 heterocycles. The molecule has 0 aliphatic rings. The maximum atomic E-state index is 13.7. The van der Waals surface area contributed by atoms with Gasteiger partial charge in [-0.2, -0.15) is 31.4 Å². The summed E-state index contributed by atoms with van der Waals surface area (Å²) in [5, 5.41) is 7.69. The molecule has 0 unspecified atom stereocenters. The second-order valence-corrected chi connectivity index (χ2v) is 7.84. The Morgan fingerprint density at radius 2 is 1.90 bits per heavy atom. The van der Waals surface area contributed by atoms with E-state index in [1.165, 1.54) is 17.5 Å². The summed E-state index contributed by atoms with van der Waals surface area (Å²) in [4.78, 5) is 16.2. The molecule has 0 saturated carbocycles. The number of aromatic nitrogens is 3. The van der Waals surface area contributed by atoms with Crippen LogP contribution in [0.2, 0.25) is 0 Å². The van der Waals surface area contributed by atoms with Crippen molar-refractivity contribution < 1.29 is 31.1 Å². The maximum absolute atomic E-state index is 13.7. The van der Waals surface area contributed by atoms with Crippen LogP contribution in [0.4, 0.5) is 26.3 Å². The summed E-state index contributed by atoms with van der Waals surface area (Å²) in [5.41, 5.74) is -2.74. The third-order valence-corrected chi connectivity index (χ3v) is 5.41. The Morgan fingerprint density at radius 3 is 2.55 bits per heavy atom. The van der Waals surface area contributed by atoms with Gasteiger partial charge in [0, 0.05) is 22.8 Å². The smallest absolute Gasteiger partial charge is 0.352 e. The largest absolute Gasteiger partial charge is 0.434 e. The number of nitrogens with zero attached hydrogens (tertiary/aromatic N) is 3. The van der Waals surface area contributed by atoms with E-state index in [-0.39, 0.29) is 22.9 Å². The Balaban J connectivity index is 1.98. The molecule has 1 aromatic carbocycles. The number of halogens is 7. The van der Waals surface area contributed by atoms with Crippen LogP contribution in [0.25, 0.3) is 16.4 Å². The molecule has 5 nitrogen and oxygen atoms in total. The van der Waals surface area contributed by atoms with Gasteiger partial charge in [0.15, 0.2) is 5.69 Å². The Morgan fingerprint density at radius 1 is 1.16 bits per heavy atom. The van der Waals surface area contributed by atoms with E-state index >= 15 is 0 Å². The quantitative estimate of drug-likeness (QED) is 0.260. The lowest BCUT2D eigenvalue weighted by Crippen LogP contribution is -2.27. The first-order chi connectivity index (χ1) is 14.5. The van der Waals surface area contributed by atoms with Crippen LogP contribution < -0.4 is 5.32 Å². The fraction of sp³-hybridized carbons (Fsp3) is 0.278. The lowest BCUT2D eigenvalue weighted by atomic mass is 10.1. The number of hydrogen-bond donors (Lipinski definition) is 1. The van der Waals surface area contributed by atoms with Crippen LogP contribution in [0.1, 0.15) is 28.0 Å². The fourth-order valence-corrected chi connectivity index (χ4v) is 3.72. The monoisotopic (exact) mass is 526 g/mol. The van der Waals surface area contributed by atoms with Crippen LogP contribution in [0, 0.1) is 0 Å². The molecule has 0 bridgehead atoms. The van der Waals surface area contributed by atoms with Crippen LogP contribution in [-0.4, -0.2) is 32.5 Å². The molecular formula is C18H13BrF6N4OS. The van der Waals surface area contributed by atoms with E-state index in [1.54, 1.807) is 0 Å². The Bertz CT molecular complexity index is 1080. The number of hydrogen-bond acceptors (Lipinski definition) is 4. The van der Waals surface area contributed by atoms with E-state index < -0.39 is 35.1 Å². The van der Waals surface area contributed by atoms with Crippen molar-refractivity contribution in [1.29, 1.82) is 0 Å². The maximum Gasteiger partial charge on any atom is 0.434 e. The molecule has 0 aliphatic carbocycles. The molecule has 1 N–H and O–H groups in total. The molecular weight excluding hydrogens is 514 g/mol. The van der Waals surface area contributed by atoms with Crippen molar-refractivity contribution in [2.45, 2.75) is 18.8 Å². The lowest BCUT2D eigenvalue weighted by molar-refractivity contribution is -0.143. The third kappa shape index (κ3) is 5.26. The molecule has 0 saturated heterocycles. The topological polar surface area (TPSA) is 59.8 Å². The number of carbonyl (C=O) groups excluding carboxylic acids is 1. The van der Waals surface area contributed by atoms with E-state index in [1.807, 2.05) is 0 Å². The van der Waals surface area contributed by atoms with Crippen LogP contribution in [0.3, 0.4) is 0 Å². The molecule has 166 valence electrons. The van der Waals surface area contributed by atoms with Crippen molar-refractivity contribution in [3.8, 4) is 16.4 Å². The standard InChI is InChI=1S/C18H13BrF6N4OS/c19-5-2-6-26-15(30)12-8-27-29(14(12)18(23,24)25)16-28-13(9-31-16)10-3-1-4-11(7-10)17(20,21)22/h1,3-4,7-9H,2,5-6H2,(H,26,30). The molecule has 0 spiro atoms. The Hall–Kier alpha value is -2.41. The summed E-state index contributed by atoms with van der Waals surface area (Å²) < 4.78 is 80.3. The highest BCUT2D eigenvalue weighted by molar-refractivity contribution is 9.09. The van der Waals surface area contributed by atoms with Crippen LogP contribution in [0.5, 0.6) is 0 Å². The van der Waals surface area contributed by atoms with Crippen LogP contribution in [-0.2, 0) is 12.4 Å². The zero-order valence-corrected chi connectivity index (χ0v) is 17.8. The minimum Gasteiger partial charge on any atom is -0.352 e. The predicted octanol–water partition coefficient (Wildman–Crippen LogP) is 5.55. The fourth-order valence-electron chi connectivity index (χ4n) is 2.65. The zero-order valence-electron chi connectivity index (χ0n) is 15.4. The minimum atomic E-state index is -4.92. The van der Waals surface area contributed by atoms with Gasteiger partial charge in [-0.05, 0) is 18.6 Å². The average Bonchev–Trinajstić information content (AvgIpc) is 3.34. The minimum absolute atomic E-state index is 0.0537. The van der Waals surface area contributed by atoms with E-state index in [4.69, 9.17) is 0 Å². The first-order valence-electron chi connectivity index (χ1n) is 8.65. The number of thiazole rings is 1. The normalized spacial score (nSPS) is 12.2. The first-order valence-corrected chi connectivity index (χ1v) is 10.7. The number of rotatable bonds is 6. The first kappa shape index (κ1) is 23.3. The van der Waals surface area contributed by atoms with Gasteiger partial charge in [0.25, 0.3) is 5.91 Å². The second kappa shape index (κ2) is 8.99. The molecule has 0 atom stereocenters. The van der Waals surface area contributed by atoms with E-state index in [0.29, 0.717) is 16.4 Å². The van der Waals surface area contributed by atoms with Crippen LogP contribution >= 0.6 is 27.3 Å². The van der Waals surface area contributed by atoms with Crippen LogP contribution in [0.15, 0.2) is 35.8 Å². The number of alkyl halides is 7. The average molecular weight is 527 g/mol. The van der Waals surface area contributed by atoms with Crippen molar-refractivity contribution >= 4 is 33.2 Å². The van der Waals surface area contributed by atoms with Crippen molar-refractivity contribution in [1.82, 2.24) is 20.1 Å². The molecule has 13 heteroatoms. The summed E-state index contributed by atoms with van der Waals surface area (Å²) in [6, 6.07) is 4.29. The van der Waals surface area contributed by atoms with Crippen molar-refractivity contribution in [3.05, 3.63) is 52.7 Å². The highest BCUT2D eigenvalue weighted by atomic mass is 79.9. The van der Waals surface area contributed by atoms with Gasteiger partial charge in [-0.25, -0.2) is 9.67 Å². The highest BCUT2D eigenvalue weighted by Crippen LogP contribution is 2.36. The number of amides is 1. The third-order valence-electron chi connectivity index (χ3n) is 4.04. The molecule has 2 aromatic heterocycles. The zero-order chi connectivity index (χ0) is 22.8. The van der Waals surface area contributed by atoms with Gasteiger partial charge >= 0.3 is 12.4 Å². The van der Waals surface area contributed by atoms with Gasteiger partial charge in [0.05, 0.1) is 23.0 Å². The summed E-state index contributed by atoms with van der Waals surface area (Å²) in [6.07, 6.45) is -8.18. The molecule has 0 radical (unpaired) electrons. The Kier molecular flexibility index (Phi) is 6.74.